The number of carbonyl (C=O) groups is 2. The zero-order valence-corrected chi connectivity index (χ0v) is 16.0. The molecule has 0 saturated carbocycles. The molecule has 1 atom stereocenters. The Kier molecular flexibility index (Phi) is 5.91. The fourth-order valence-electron chi connectivity index (χ4n) is 3.06. The maximum atomic E-state index is 12.5. The Bertz CT molecular complexity index is 838. The average molecular weight is 370 g/mol. The van der Waals surface area contributed by atoms with E-state index in [4.69, 9.17) is 4.74 Å². The molecule has 1 fully saturated rings. The van der Waals surface area contributed by atoms with E-state index in [0.717, 1.165) is 29.8 Å². The van der Waals surface area contributed by atoms with E-state index in [1.165, 1.54) is 0 Å². The zero-order valence-electron chi connectivity index (χ0n) is 16.0. The number of carbonyl (C=O) groups excluding carboxylic acids is 2. The van der Waals surface area contributed by atoms with Gasteiger partial charge in [-0.2, -0.15) is 0 Å². The largest absolute Gasteiger partial charge is 0.368 e. The van der Waals surface area contributed by atoms with Crippen molar-refractivity contribution in [3.8, 4) is 0 Å². The van der Waals surface area contributed by atoms with Crippen LogP contribution in [0.3, 0.4) is 0 Å². The second-order valence-electron chi connectivity index (χ2n) is 6.89. The lowest BCUT2D eigenvalue weighted by molar-refractivity contribution is -0.124. The smallest absolute Gasteiger partial charge is 0.253 e. The molecule has 0 aliphatic carbocycles. The molecule has 2 heterocycles. The van der Waals surface area contributed by atoms with E-state index in [1.54, 1.807) is 18.5 Å². The minimum atomic E-state index is -0.399. The minimum absolute atomic E-state index is 0.154. The molecule has 1 aromatic carbocycles. The lowest BCUT2D eigenvalue weighted by Gasteiger charge is -2.14. The number of rotatable bonds is 6. The summed E-state index contributed by atoms with van der Waals surface area (Å²) in [5.74, 6) is -0.323. The molecule has 2 amide bonds. The molecule has 0 bridgehead atoms. The lowest BCUT2D eigenvalue weighted by Crippen LogP contribution is -2.29. The Morgan fingerprint density at radius 1 is 1.30 bits per heavy atom. The molecule has 1 unspecified atom stereocenters. The minimum Gasteiger partial charge on any atom is -0.368 e. The average Bonchev–Trinajstić information content (AvgIpc) is 3.29. The van der Waals surface area contributed by atoms with Crippen LogP contribution in [0.15, 0.2) is 24.5 Å². The van der Waals surface area contributed by atoms with Gasteiger partial charge in [-0.25, -0.2) is 4.98 Å². The van der Waals surface area contributed by atoms with E-state index in [1.807, 2.05) is 31.4 Å². The highest BCUT2D eigenvalue weighted by atomic mass is 16.5. The van der Waals surface area contributed by atoms with Gasteiger partial charge in [0.2, 0.25) is 0 Å². The first-order valence-electron chi connectivity index (χ1n) is 9.25. The van der Waals surface area contributed by atoms with Crippen molar-refractivity contribution in [2.45, 2.75) is 46.3 Å². The molecule has 0 radical (unpaired) electrons. The van der Waals surface area contributed by atoms with E-state index >= 15 is 0 Å². The van der Waals surface area contributed by atoms with Gasteiger partial charge in [-0.1, -0.05) is 6.07 Å². The molecule has 7 nitrogen and oxygen atoms in total. The monoisotopic (exact) mass is 370 g/mol. The molecular formula is C20H26N4O3. The highest BCUT2D eigenvalue weighted by Crippen LogP contribution is 2.20. The van der Waals surface area contributed by atoms with Crippen LogP contribution in [0.5, 0.6) is 0 Å². The summed E-state index contributed by atoms with van der Waals surface area (Å²) in [5, 5.41) is 5.80. The summed E-state index contributed by atoms with van der Waals surface area (Å²) < 4.78 is 7.42. The summed E-state index contributed by atoms with van der Waals surface area (Å²) in [5.41, 5.74) is 4.15. The van der Waals surface area contributed by atoms with Gasteiger partial charge in [0.15, 0.2) is 0 Å². The van der Waals surface area contributed by atoms with E-state index in [-0.39, 0.29) is 11.8 Å². The van der Waals surface area contributed by atoms with Crippen LogP contribution in [0.2, 0.25) is 0 Å². The van der Waals surface area contributed by atoms with Crippen molar-refractivity contribution >= 4 is 17.5 Å². The molecule has 144 valence electrons. The quantitative estimate of drug-likeness (QED) is 0.817. The molecule has 7 heteroatoms. The van der Waals surface area contributed by atoms with Crippen molar-refractivity contribution in [2.75, 3.05) is 18.5 Å². The number of aryl methyl sites for hydroxylation is 2. The summed E-state index contributed by atoms with van der Waals surface area (Å²) in [6.07, 6.45) is 3.01. The Labute approximate surface area is 159 Å². The SMILES string of the molecule is Cc1ccc(C(=O)NCCn2cnc(C)c2C)cc1NC(=O)C1CCCO1. The Balaban J connectivity index is 1.59. The number of hydrogen-bond donors (Lipinski definition) is 2. The van der Waals surface area contributed by atoms with E-state index in [2.05, 4.69) is 15.6 Å². The lowest BCUT2D eigenvalue weighted by atomic mass is 10.1. The molecular weight excluding hydrogens is 344 g/mol. The summed E-state index contributed by atoms with van der Waals surface area (Å²) in [6.45, 7) is 7.65. The second-order valence-corrected chi connectivity index (χ2v) is 6.89. The van der Waals surface area contributed by atoms with Crippen molar-refractivity contribution < 1.29 is 14.3 Å². The molecule has 27 heavy (non-hydrogen) atoms. The number of amides is 2. The fourth-order valence-corrected chi connectivity index (χ4v) is 3.06. The highest BCUT2D eigenvalue weighted by Gasteiger charge is 2.24. The number of nitrogens with one attached hydrogen (secondary N) is 2. The number of benzene rings is 1. The van der Waals surface area contributed by atoms with Gasteiger partial charge < -0.3 is 19.9 Å². The maximum absolute atomic E-state index is 12.5. The van der Waals surface area contributed by atoms with E-state index < -0.39 is 6.10 Å². The molecule has 1 saturated heterocycles. The third-order valence-corrected chi connectivity index (χ3v) is 4.96. The first-order valence-corrected chi connectivity index (χ1v) is 9.25. The fraction of sp³-hybridized carbons (Fsp3) is 0.450. The molecule has 3 rings (SSSR count). The normalized spacial score (nSPS) is 16.3. The number of hydrogen-bond acceptors (Lipinski definition) is 4. The van der Waals surface area contributed by atoms with Crippen molar-refractivity contribution in [2.24, 2.45) is 0 Å². The predicted octanol–water partition coefficient (Wildman–Crippen LogP) is 2.36. The molecule has 0 spiro atoms. The molecule has 2 aromatic rings. The van der Waals surface area contributed by atoms with Gasteiger partial charge in [-0.3, -0.25) is 9.59 Å². The van der Waals surface area contributed by atoms with Crippen LogP contribution in [0.1, 0.15) is 40.2 Å². The Morgan fingerprint density at radius 3 is 2.78 bits per heavy atom. The Hall–Kier alpha value is -2.67. The Morgan fingerprint density at radius 2 is 2.11 bits per heavy atom. The third-order valence-electron chi connectivity index (χ3n) is 4.96. The number of nitrogens with zero attached hydrogens (tertiary/aromatic N) is 2. The predicted molar refractivity (Wildman–Crippen MR) is 103 cm³/mol. The number of anilines is 1. The molecule has 1 aromatic heterocycles. The highest BCUT2D eigenvalue weighted by molar-refractivity contribution is 5.99. The van der Waals surface area contributed by atoms with Crippen molar-refractivity contribution in [3.05, 3.63) is 47.0 Å². The van der Waals surface area contributed by atoms with Crippen molar-refractivity contribution in [3.63, 3.8) is 0 Å². The molecule has 2 N–H and O–H groups in total. The van der Waals surface area contributed by atoms with Crippen LogP contribution >= 0.6 is 0 Å². The first-order chi connectivity index (χ1) is 13.0. The van der Waals surface area contributed by atoms with Gasteiger partial charge >= 0.3 is 0 Å². The van der Waals surface area contributed by atoms with E-state index in [0.29, 0.717) is 30.9 Å². The molecule has 1 aliphatic rings. The topological polar surface area (TPSA) is 85.3 Å². The van der Waals surface area contributed by atoms with Crippen LogP contribution in [0.25, 0.3) is 0 Å². The van der Waals surface area contributed by atoms with Gasteiger partial charge in [0.1, 0.15) is 6.10 Å². The summed E-state index contributed by atoms with van der Waals surface area (Å²) in [4.78, 5) is 29.0. The standard InChI is InChI=1S/C20H26N4O3/c1-13-6-7-16(11-17(13)23-20(26)18-5-4-10-27-18)19(25)21-8-9-24-12-22-14(2)15(24)3/h6-7,11-12,18H,4-5,8-10H2,1-3H3,(H,21,25)(H,23,26). The van der Waals surface area contributed by atoms with Gasteiger partial charge in [0.05, 0.1) is 12.0 Å². The maximum Gasteiger partial charge on any atom is 0.253 e. The first kappa shape index (κ1) is 19.1. The van der Waals surface area contributed by atoms with Gasteiger partial charge in [-0.15, -0.1) is 0 Å². The van der Waals surface area contributed by atoms with Gasteiger partial charge in [-0.05, 0) is 51.3 Å². The summed E-state index contributed by atoms with van der Waals surface area (Å²) >= 11 is 0. The number of imidazole rings is 1. The van der Waals surface area contributed by atoms with E-state index in [9.17, 15) is 9.59 Å². The van der Waals surface area contributed by atoms with Crippen molar-refractivity contribution in [1.82, 2.24) is 14.9 Å². The van der Waals surface area contributed by atoms with Crippen LogP contribution < -0.4 is 10.6 Å². The second kappa shape index (κ2) is 8.35. The third kappa shape index (κ3) is 4.54. The van der Waals surface area contributed by atoms with Crippen LogP contribution in [-0.4, -0.2) is 40.6 Å². The van der Waals surface area contributed by atoms with Crippen LogP contribution in [0, 0.1) is 20.8 Å². The van der Waals surface area contributed by atoms with Crippen LogP contribution in [0.4, 0.5) is 5.69 Å². The van der Waals surface area contributed by atoms with Crippen molar-refractivity contribution in [1.29, 1.82) is 0 Å². The summed E-state index contributed by atoms with van der Waals surface area (Å²) in [7, 11) is 0. The van der Waals surface area contributed by atoms with Gasteiger partial charge in [0.25, 0.3) is 11.8 Å². The van der Waals surface area contributed by atoms with Crippen LogP contribution in [-0.2, 0) is 16.1 Å². The summed E-state index contributed by atoms with van der Waals surface area (Å²) in [6, 6.07) is 5.31. The molecule has 1 aliphatic heterocycles. The number of aromatic nitrogens is 2. The van der Waals surface area contributed by atoms with Gasteiger partial charge in [0, 0.05) is 36.6 Å². The number of ether oxygens (including phenoxy) is 1. The zero-order chi connectivity index (χ0) is 19.4.